The number of aromatic nitrogens is 1. The number of amides is 2. The second-order valence-electron chi connectivity index (χ2n) is 5.73. The monoisotopic (exact) mass is 321 g/mol. The zero-order valence-electron chi connectivity index (χ0n) is 13.7. The molecule has 2 aromatic carbocycles. The highest BCUT2D eigenvalue weighted by molar-refractivity contribution is 5.97. The van der Waals surface area contributed by atoms with Crippen molar-refractivity contribution in [1.29, 1.82) is 0 Å². The normalized spacial score (nSPS) is 10.6. The number of nitrogens with one attached hydrogen (secondary N) is 2. The highest BCUT2D eigenvalue weighted by Crippen LogP contribution is 2.20. The number of carbonyl (C=O) groups excluding carboxylic acids is 2. The van der Waals surface area contributed by atoms with Crippen molar-refractivity contribution in [3.8, 4) is 0 Å². The molecule has 0 aliphatic heterocycles. The Balaban J connectivity index is 1.74. The van der Waals surface area contributed by atoms with E-state index in [1.807, 2.05) is 36.0 Å². The molecule has 1 heterocycles. The van der Waals surface area contributed by atoms with E-state index in [2.05, 4.69) is 16.7 Å². The number of nitrogens with zero attached hydrogens (tertiary/aromatic N) is 1. The van der Waals surface area contributed by atoms with Crippen molar-refractivity contribution in [1.82, 2.24) is 9.88 Å². The topological polar surface area (TPSA) is 63.1 Å². The summed E-state index contributed by atoms with van der Waals surface area (Å²) in [4.78, 5) is 23.5. The number of aryl methyl sites for hydroxylation is 1. The molecule has 0 spiro atoms. The van der Waals surface area contributed by atoms with E-state index >= 15 is 0 Å². The molecule has 2 amide bonds. The van der Waals surface area contributed by atoms with Crippen molar-refractivity contribution in [3.63, 3.8) is 0 Å². The molecule has 2 N–H and O–H groups in total. The fourth-order valence-corrected chi connectivity index (χ4v) is 2.79. The first-order valence-corrected chi connectivity index (χ1v) is 7.73. The predicted octanol–water partition coefficient (Wildman–Crippen LogP) is 3.07. The summed E-state index contributed by atoms with van der Waals surface area (Å²) in [6.45, 7) is 1.89. The lowest BCUT2D eigenvalue weighted by molar-refractivity contribution is -0.114. The Morgan fingerprint density at radius 3 is 2.67 bits per heavy atom. The van der Waals surface area contributed by atoms with E-state index in [0.717, 1.165) is 16.5 Å². The number of anilines is 1. The number of carbonyl (C=O) groups is 2. The highest BCUT2D eigenvalue weighted by atomic mass is 16.2. The van der Waals surface area contributed by atoms with Crippen LogP contribution in [0.2, 0.25) is 0 Å². The van der Waals surface area contributed by atoms with E-state index < -0.39 is 0 Å². The average molecular weight is 321 g/mol. The Hall–Kier alpha value is -3.08. The summed E-state index contributed by atoms with van der Waals surface area (Å²) in [6.07, 6.45) is 2.03. The van der Waals surface area contributed by atoms with Gasteiger partial charge in [0.05, 0.1) is 0 Å². The number of para-hydroxylation sites is 1. The van der Waals surface area contributed by atoms with Crippen LogP contribution >= 0.6 is 0 Å². The van der Waals surface area contributed by atoms with Gasteiger partial charge >= 0.3 is 0 Å². The van der Waals surface area contributed by atoms with Crippen LogP contribution in [-0.4, -0.2) is 16.4 Å². The van der Waals surface area contributed by atoms with Gasteiger partial charge in [0.2, 0.25) is 5.91 Å². The van der Waals surface area contributed by atoms with Gasteiger partial charge in [-0.2, -0.15) is 0 Å². The van der Waals surface area contributed by atoms with E-state index in [1.54, 1.807) is 24.3 Å². The Morgan fingerprint density at radius 1 is 1.08 bits per heavy atom. The minimum Gasteiger partial charge on any atom is -0.350 e. The number of hydrogen-bond donors (Lipinski definition) is 2. The second-order valence-corrected chi connectivity index (χ2v) is 5.73. The molecule has 0 aliphatic rings. The largest absolute Gasteiger partial charge is 0.350 e. The molecule has 0 unspecified atom stereocenters. The molecule has 0 saturated heterocycles. The van der Waals surface area contributed by atoms with Gasteiger partial charge in [-0.05, 0) is 29.8 Å². The number of benzene rings is 2. The van der Waals surface area contributed by atoms with Crippen LogP contribution in [0, 0.1) is 0 Å². The van der Waals surface area contributed by atoms with Gasteiger partial charge < -0.3 is 15.2 Å². The Kier molecular flexibility index (Phi) is 4.33. The zero-order valence-corrected chi connectivity index (χ0v) is 13.7. The molecule has 0 bridgehead atoms. The van der Waals surface area contributed by atoms with Gasteiger partial charge in [0, 0.05) is 48.9 Å². The third-order valence-corrected chi connectivity index (χ3v) is 3.86. The van der Waals surface area contributed by atoms with Crippen LogP contribution in [0.4, 0.5) is 5.69 Å². The molecule has 0 radical (unpaired) electrons. The van der Waals surface area contributed by atoms with Crippen molar-refractivity contribution in [2.24, 2.45) is 7.05 Å². The van der Waals surface area contributed by atoms with E-state index in [-0.39, 0.29) is 11.8 Å². The van der Waals surface area contributed by atoms with Crippen LogP contribution in [0.25, 0.3) is 10.9 Å². The molecule has 0 saturated carbocycles. The lowest BCUT2D eigenvalue weighted by Gasteiger charge is -2.07. The average Bonchev–Trinajstić information content (AvgIpc) is 2.89. The SMILES string of the molecule is CC(=O)Nc1cccc(C(=O)NCc2cn(C)c3ccccc23)c1. The molecule has 5 nitrogen and oxygen atoms in total. The van der Waals surface area contributed by atoms with Crippen LogP contribution in [0.5, 0.6) is 0 Å². The van der Waals surface area contributed by atoms with E-state index in [0.29, 0.717) is 17.8 Å². The highest BCUT2D eigenvalue weighted by Gasteiger charge is 2.10. The van der Waals surface area contributed by atoms with Gasteiger partial charge in [0.25, 0.3) is 5.91 Å². The maximum absolute atomic E-state index is 12.4. The second kappa shape index (κ2) is 6.58. The fourth-order valence-electron chi connectivity index (χ4n) is 2.79. The van der Waals surface area contributed by atoms with Crippen molar-refractivity contribution in [3.05, 3.63) is 65.9 Å². The molecule has 0 aliphatic carbocycles. The van der Waals surface area contributed by atoms with E-state index in [4.69, 9.17) is 0 Å². The quantitative estimate of drug-likeness (QED) is 0.776. The number of rotatable bonds is 4. The standard InChI is InChI=1S/C19H19N3O2/c1-13(23)21-16-7-5-6-14(10-16)19(24)20-11-15-12-22(2)18-9-4-3-8-17(15)18/h3-10,12H,11H2,1-2H3,(H,20,24)(H,21,23). The lowest BCUT2D eigenvalue weighted by atomic mass is 10.1. The molecule has 3 aromatic rings. The van der Waals surface area contributed by atoms with Gasteiger partial charge in [-0.3, -0.25) is 9.59 Å². The van der Waals surface area contributed by atoms with Gasteiger partial charge in [-0.25, -0.2) is 0 Å². The molecule has 24 heavy (non-hydrogen) atoms. The zero-order chi connectivity index (χ0) is 17.1. The smallest absolute Gasteiger partial charge is 0.251 e. The van der Waals surface area contributed by atoms with Crippen LogP contribution in [0.3, 0.4) is 0 Å². The maximum Gasteiger partial charge on any atom is 0.251 e. The Morgan fingerprint density at radius 2 is 1.88 bits per heavy atom. The first-order chi connectivity index (χ1) is 11.5. The summed E-state index contributed by atoms with van der Waals surface area (Å²) in [6, 6.07) is 15.0. The summed E-state index contributed by atoms with van der Waals surface area (Å²) >= 11 is 0. The summed E-state index contributed by atoms with van der Waals surface area (Å²) in [7, 11) is 1.99. The summed E-state index contributed by atoms with van der Waals surface area (Å²) in [5.41, 5.74) is 3.33. The molecule has 5 heteroatoms. The van der Waals surface area contributed by atoms with Crippen molar-refractivity contribution in [2.75, 3.05) is 5.32 Å². The third kappa shape index (κ3) is 3.30. The molecular weight excluding hydrogens is 302 g/mol. The molecule has 122 valence electrons. The van der Waals surface area contributed by atoms with Crippen molar-refractivity contribution >= 4 is 28.4 Å². The van der Waals surface area contributed by atoms with Gasteiger partial charge in [0.1, 0.15) is 0 Å². The van der Waals surface area contributed by atoms with Crippen LogP contribution in [0.1, 0.15) is 22.8 Å². The summed E-state index contributed by atoms with van der Waals surface area (Å²) in [5, 5.41) is 6.75. The molecule has 1 aromatic heterocycles. The lowest BCUT2D eigenvalue weighted by Crippen LogP contribution is -2.22. The number of hydrogen-bond acceptors (Lipinski definition) is 2. The van der Waals surface area contributed by atoms with Gasteiger partial charge in [-0.1, -0.05) is 24.3 Å². The Bertz CT molecular complexity index is 912. The van der Waals surface area contributed by atoms with E-state index in [1.165, 1.54) is 6.92 Å². The van der Waals surface area contributed by atoms with Gasteiger partial charge in [0.15, 0.2) is 0 Å². The van der Waals surface area contributed by atoms with E-state index in [9.17, 15) is 9.59 Å². The predicted molar refractivity (Wildman–Crippen MR) is 94.8 cm³/mol. The maximum atomic E-state index is 12.4. The van der Waals surface area contributed by atoms with Crippen molar-refractivity contribution < 1.29 is 9.59 Å². The summed E-state index contributed by atoms with van der Waals surface area (Å²) in [5.74, 6) is -0.335. The van der Waals surface area contributed by atoms with Crippen LogP contribution in [-0.2, 0) is 18.4 Å². The summed E-state index contributed by atoms with van der Waals surface area (Å²) < 4.78 is 2.05. The Labute approximate surface area is 140 Å². The number of fused-ring (bicyclic) bond motifs is 1. The van der Waals surface area contributed by atoms with Crippen LogP contribution < -0.4 is 10.6 Å². The van der Waals surface area contributed by atoms with Crippen LogP contribution in [0.15, 0.2) is 54.7 Å². The third-order valence-electron chi connectivity index (χ3n) is 3.86. The molecular formula is C19H19N3O2. The molecule has 0 fully saturated rings. The van der Waals surface area contributed by atoms with Gasteiger partial charge in [-0.15, -0.1) is 0 Å². The molecule has 0 atom stereocenters. The first-order valence-electron chi connectivity index (χ1n) is 7.73. The molecule has 3 rings (SSSR count). The minimum absolute atomic E-state index is 0.164. The van der Waals surface area contributed by atoms with Crippen molar-refractivity contribution in [2.45, 2.75) is 13.5 Å². The fraction of sp³-hybridized carbons (Fsp3) is 0.158. The first kappa shape index (κ1) is 15.8. The minimum atomic E-state index is -0.171.